The van der Waals surface area contributed by atoms with Gasteiger partial charge in [-0.15, -0.1) is 0 Å². The molecule has 0 spiro atoms. The lowest BCUT2D eigenvalue weighted by Crippen LogP contribution is -2.44. The van der Waals surface area contributed by atoms with Gasteiger partial charge in [-0.2, -0.15) is 0 Å². The third-order valence-electron chi connectivity index (χ3n) is 4.97. The van der Waals surface area contributed by atoms with E-state index >= 15 is 0 Å². The molecule has 1 heterocycles. The second-order valence-electron chi connectivity index (χ2n) is 7.78. The van der Waals surface area contributed by atoms with Crippen LogP contribution in [-0.2, 0) is 14.4 Å². The molecule has 1 aliphatic heterocycles. The van der Waals surface area contributed by atoms with E-state index in [4.69, 9.17) is 19.8 Å². The molecule has 7 heteroatoms. The van der Waals surface area contributed by atoms with Crippen LogP contribution in [0.3, 0.4) is 0 Å². The summed E-state index contributed by atoms with van der Waals surface area (Å²) in [6.45, 7) is 7.91. The van der Waals surface area contributed by atoms with Gasteiger partial charge in [0.05, 0.1) is 0 Å². The average molecular weight is 370 g/mol. The first-order chi connectivity index (χ1) is 12.3. The van der Waals surface area contributed by atoms with Crippen molar-refractivity contribution in [3.8, 4) is 0 Å². The van der Waals surface area contributed by atoms with E-state index in [9.17, 15) is 4.79 Å². The van der Waals surface area contributed by atoms with Crippen LogP contribution in [0.15, 0.2) is 0 Å². The quantitative estimate of drug-likeness (QED) is 0.518. The van der Waals surface area contributed by atoms with Crippen molar-refractivity contribution in [3.05, 3.63) is 0 Å². The molecule has 0 unspecified atom stereocenters. The Bertz CT molecular complexity index is 439. The van der Waals surface area contributed by atoms with E-state index in [0.717, 1.165) is 31.8 Å². The summed E-state index contributed by atoms with van der Waals surface area (Å²) in [5.41, 5.74) is 0. The standard InChI is InChI=1S/C17H32N2O.C2H2O4/c1-14(2)13-19-11-9-15(10-12-19)17(20)18-16-7-5-3-4-6-8-16;3-1(4)2(5)6/h14-16H,3-13H2,1-2H3,(H,18,20);(H,3,4)(H,5,6). The second-order valence-corrected chi connectivity index (χ2v) is 7.78. The Morgan fingerprint density at radius 3 is 1.85 bits per heavy atom. The lowest BCUT2D eigenvalue weighted by Gasteiger charge is -2.33. The number of carbonyl (C=O) groups excluding carboxylic acids is 1. The Morgan fingerprint density at radius 1 is 0.923 bits per heavy atom. The third-order valence-corrected chi connectivity index (χ3v) is 4.97. The molecule has 1 saturated carbocycles. The summed E-state index contributed by atoms with van der Waals surface area (Å²) in [6.07, 6.45) is 9.75. The van der Waals surface area contributed by atoms with Crippen molar-refractivity contribution >= 4 is 17.8 Å². The van der Waals surface area contributed by atoms with Crippen LogP contribution in [0.1, 0.15) is 65.2 Å². The van der Waals surface area contributed by atoms with Gasteiger partial charge in [0.25, 0.3) is 0 Å². The summed E-state index contributed by atoms with van der Waals surface area (Å²) < 4.78 is 0. The third kappa shape index (κ3) is 9.17. The van der Waals surface area contributed by atoms with Crippen LogP contribution in [0.2, 0.25) is 0 Å². The number of carboxylic acid groups (broad SMARTS) is 2. The van der Waals surface area contributed by atoms with Crippen LogP contribution >= 0.6 is 0 Å². The summed E-state index contributed by atoms with van der Waals surface area (Å²) >= 11 is 0. The Morgan fingerprint density at radius 2 is 1.42 bits per heavy atom. The van der Waals surface area contributed by atoms with E-state index in [2.05, 4.69) is 24.1 Å². The minimum absolute atomic E-state index is 0.265. The zero-order valence-electron chi connectivity index (χ0n) is 16.1. The number of nitrogens with one attached hydrogen (secondary N) is 1. The molecule has 0 radical (unpaired) electrons. The molecule has 0 bridgehead atoms. The number of aliphatic carboxylic acids is 2. The predicted molar refractivity (Wildman–Crippen MR) is 98.9 cm³/mol. The summed E-state index contributed by atoms with van der Waals surface area (Å²) in [5, 5.41) is 18.1. The molecule has 150 valence electrons. The molecule has 1 aliphatic carbocycles. The van der Waals surface area contributed by atoms with Crippen molar-refractivity contribution in [2.24, 2.45) is 11.8 Å². The van der Waals surface area contributed by atoms with Gasteiger partial charge in [0.1, 0.15) is 0 Å². The molecule has 1 saturated heterocycles. The normalized spacial score (nSPS) is 20.0. The summed E-state index contributed by atoms with van der Waals surface area (Å²) in [7, 11) is 0. The van der Waals surface area contributed by atoms with E-state index in [1.807, 2.05) is 0 Å². The first-order valence-electron chi connectivity index (χ1n) is 9.78. The molecule has 2 fully saturated rings. The molecule has 2 aliphatic rings. The van der Waals surface area contributed by atoms with Crippen LogP contribution in [0.5, 0.6) is 0 Å². The predicted octanol–water partition coefficient (Wildman–Crippen LogP) is 2.35. The van der Waals surface area contributed by atoms with Crippen LogP contribution in [0, 0.1) is 11.8 Å². The zero-order chi connectivity index (χ0) is 19.5. The van der Waals surface area contributed by atoms with Crippen LogP contribution < -0.4 is 5.32 Å². The number of carbonyl (C=O) groups is 3. The highest BCUT2D eigenvalue weighted by molar-refractivity contribution is 6.27. The maximum Gasteiger partial charge on any atom is 0.414 e. The smallest absolute Gasteiger partial charge is 0.414 e. The summed E-state index contributed by atoms with van der Waals surface area (Å²) in [4.78, 5) is 33.1. The van der Waals surface area contributed by atoms with Crippen molar-refractivity contribution in [2.45, 2.75) is 71.3 Å². The van der Waals surface area contributed by atoms with E-state index in [-0.39, 0.29) is 5.92 Å². The number of piperidine rings is 1. The van der Waals surface area contributed by atoms with Crippen molar-refractivity contribution in [3.63, 3.8) is 0 Å². The molecule has 1 amide bonds. The van der Waals surface area contributed by atoms with Gasteiger partial charge < -0.3 is 20.4 Å². The monoisotopic (exact) mass is 370 g/mol. The number of carboxylic acids is 2. The molecule has 26 heavy (non-hydrogen) atoms. The summed E-state index contributed by atoms with van der Waals surface area (Å²) in [6, 6.07) is 0.457. The Hall–Kier alpha value is -1.63. The maximum absolute atomic E-state index is 12.4. The topological polar surface area (TPSA) is 107 Å². The van der Waals surface area contributed by atoms with Crippen LogP contribution in [0.25, 0.3) is 0 Å². The molecular formula is C19H34N2O5. The number of amides is 1. The number of hydrogen-bond donors (Lipinski definition) is 3. The first-order valence-corrected chi connectivity index (χ1v) is 9.78. The zero-order valence-corrected chi connectivity index (χ0v) is 16.1. The number of rotatable bonds is 4. The van der Waals surface area contributed by atoms with Crippen LogP contribution in [-0.4, -0.2) is 58.6 Å². The van der Waals surface area contributed by atoms with Crippen molar-refractivity contribution in [1.29, 1.82) is 0 Å². The van der Waals surface area contributed by atoms with Gasteiger partial charge in [-0.05, 0) is 44.7 Å². The van der Waals surface area contributed by atoms with E-state index in [0.29, 0.717) is 11.9 Å². The van der Waals surface area contributed by atoms with Gasteiger partial charge in [0, 0.05) is 18.5 Å². The Balaban J connectivity index is 0.000000487. The minimum atomic E-state index is -1.82. The molecule has 0 aromatic heterocycles. The molecule has 0 aromatic carbocycles. The van der Waals surface area contributed by atoms with Gasteiger partial charge in [-0.3, -0.25) is 4.79 Å². The average Bonchev–Trinajstić information content (AvgIpc) is 2.84. The van der Waals surface area contributed by atoms with Crippen molar-refractivity contribution in [1.82, 2.24) is 10.2 Å². The van der Waals surface area contributed by atoms with Crippen molar-refractivity contribution in [2.75, 3.05) is 19.6 Å². The first kappa shape index (κ1) is 22.4. The van der Waals surface area contributed by atoms with E-state index in [1.165, 1.54) is 45.1 Å². The fourth-order valence-corrected chi connectivity index (χ4v) is 3.64. The fraction of sp³-hybridized carbons (Fsp3) is 0.842. The molecule has 7 nitrogen and oxygen atoms in total. The van der Waals surface area contributed by atoms with Gasteiger partial charge in [0.15, 0.2) is 0 Å². The summed E-state index contributed by atoms with van der Waals surface area (Å²) in [5.74, 6) is -2.32. The van der Waals surface area contributed by atoms with Gasteiger partial charge in [-0.25, -0.2) is 9.59 Å². The number of nitrogens with zero attached hydrogens (tertiary/aromatic N) is 1. The lowest BCUT2D eigenvalue weighted by molar-refractivity contribution is -0.159. The van der Waals surface area contributed by atoms with Gasteiger partial charge in [-0.1, -0.05) is 39.5 Å². The van der Waals surface area contributed by atoms with E-state index in [1.54, 1.807) is 0 Å². The second kappa shape index (κ2) is 11.9. The highest BCUT2D eigenvalue weighted by Crippen LogP contribution is 2.21. The number of likely N-dealkylation sites (tertiary alicyclic amines) is 1. The fourth-order valence-electron chi connectivity index (χ4n) is 3.64. The molecule has 2 rings (SSSR count). The molecule has 0 aromatic rings. The van der Waals surface area contributed by atoms with Gasteiger partial charge >= 0.3 is 11.9 Å². The highest BCUT2D eigenvalue weighted by atomic mass is 16.4. The highest BCUT2D eigenvalue weighted by Gasteiger charge is 2.26. The maximum atomic E-state index is 12.4. The minimum Gasteiger partial charge on any atom is -0.473 e. The SMILES string of the molecule is CC(C)CN1CCC(C(=O)NC2CCCCCC2)CC1.O=C(O)C(=O)O. The van der Waals surface area contributed by atoms with Gasteiger partial charge in [0.2, 0.25) is 5.91 Å². The Kier molecular flexibility index (Phi) is 10.2. The molecular weight excluding hydrogens is 336 g/mol. The van der Waals surface area contributed by atoms with E-state index < -0.39 is 11.9 Å². The lowest BCUT2D eigenvalue weighted by atomic mass is 9.94. The molecule has 3 N–H and O–H groups in total. The Labute approximate surface area is 156 Å². The van der Waals surface area contributed by atoms with Crippen molar-refractivity contribution < 1.29 is 24.6 Å². The van der Waals surface area contributed by atoms with Crippen LogP contribution in [0.4, 0.5) is 0 Å². The molecule has 0 atom stereocenters. The largest absolute Gasteiger partial charge is 0.473 e. The number of hydrogen-bond acceptors (Lipinski definition) is 4.